The molecule has 4 rings (SSSR count). The Kier molecular flexibility index (Phi) is 4.34. The molecule has 2 aliphatic rings. The number of hydrogen-bond acceptors (Lipinski definition) is 5. The van der Waals surface area contributed by atoms with Crippen LogP contribution in [-0.4, -0.2) is 40.6 Å². The molecule has 2 heterocycles. The van der Waals surface area contributed by atoms with Gasteiger partial charge in [0.25, 0.3) is 11.8 Å². The van der Waals surface area contributed by atoms with Crippen LogP contribution < -0.4 is 4.74 Å². The fourth-order valence-electron chi connectivity index (χ4n) is 3.18. The second kappa shape index (κ2) is 6.66. The minimum Gasteiger partial charge on any atom is -0.484 e. The molecule has 0 radical (unpaired) electrons. The van der Waals surface area contributed by atoms with Gasteiger partial charge in [-0.05, 0) is 37.1 Å². The van der Waals surface area contributed by atoms with Gasteiger partial charge in [0.05, 0.1) is 6.54 Å². The highest BCUT2D eigenvalue weighted by atomic mass is 19.1. The van der Waals surface area contributed by atoms with E-state index in [0.717, 1.165) is 19.3 Å². The molecule has 138 valence electrons. The standard InChI is InChI=1S/C18H19F2N3O3/c19-13-4-6-14(7-5-13)25-10-15(24)23-9-8-18(20,11-23)17-21-16(22-26-17)12-2-1-3-12/h4-7,12H,1-3,8-11H2. The molecule has 0 bridgehead atoms. The van der Waals surface area contributed by atoms with Crippen LogP contribution in [0.25, 0.3) is 0 Å². The van der Waals surface area contributed by atoms with Crippen molar-refractivity contribution < 1.29 is 22.8 Å². The van der Waals surface area contributed by atoms with E-state index in [4.69, 9.17) is 9.26 Å². The van der Waals surface area contributed by atoms with E-state index in [-0.39, 0.29) is 49.7 Å². The Morgan fingerprint density at radius 1 is 1.35 bits per heavy atom. The monoisotopic (exact) mass is 363 g/mol. The van der Waals surface area contributed by atoms with E-state index in [1.807, 2.05) is 0 Å². The highest BCUT2D eigenvalue weighted by Crippen LogP contribution is 2.38. The number of amides is 1. The zero-order valence-electron chi connectivity index (χ0n) is 14.2. The summed E-state index contributed by atoms with van der Waals surface area (Å²) in [6.45, 7) is -0.118. The number of carbonyl (C=O) groups is 1. The van der Waals surface area contributed by atoms with E-state index in [1.165, 1.54) is 29.2 Å². The maximum atomic E-state index is 15.2. The fourth-order valence-corrected chi connectivity index (χ4v) is 3.18. The molecule has 1 aromatic heterocycles. The minimum atomic E-state index is -1.82. The van der Waals surface area contributed by atoms with Crippen LogP contribution in [0.1, 0.15) is 43.3 Å². The van der Waals surface area contributed by atoms with Crippen LogP contribution in [0.15, 0.2) is 28.8 Å². The number of likely N-dealkylation sites (tertiary alicyclic amines) is 1. The number of alkyl halides is 1. The Morgan fingerprint density at radius 2 is 2.12 bits per heavy atom. The van der Waals surface area contributed by atoms with Crippen LogP contribution in [0.3, 0.4) is 0 Å². The first-order chi connectivity index (χ1) is 12.5. The van der Waals surface area contributed by atoms with Gasteiger partial charge in [-0.1, -0.05) is 11.6 Å². The molecule has 26 heavy (non-hydrogen) atoms. The lowest BCUT2D eigenvalue weighted by Gasteiger charge is -2.21. The Morgan fingerprint density at radius 3 is 2.81 bits per heavy atom. The van der Waals surface area contributed by atoms with Gasteiger partial charge in [-0.15, -0.1) is 0 Å². The molecule has 1 atom stereocenters. The predicted octanol–water partition coefficient (Wildman–Crippen LogP) is 2.95. The van der Waals surface area contributed by atoms with Gasteiger partial charge in [0.1, 0.15) is 11.6 Å². The highest BCUT2D eigenvalue weighted by Gasteiger charge is 2.46. The third-order valence-corrected chi connectivity index (χ3v) is 5.04. The molecule has 1 saturated heterocycles. The summed E-state index contributed by atoms with van der Waals surface area (Å²) in [5.74, 6) is 0.438. The largest absolute Gasteiger partial charge is 0.484 e. The van der Waals surface area contributed by atoms with Crippen LogP contribution >= 0.6 is 0 Å². The third-order valence-electron chi connectivity index (χ3n) is 5.04. The van der Waals surface area contributed by atoms with E-state index in [0.29, 0.717) is 11.6 Å². The van der Waals surface area contributed by atoms with Crippen LogP contribution in [0.5, 0.6) is 5.75 Å². The fraction of sp³-hybridized carbons (Fsp3) is 0.500. The quantitative estimate of drug-likeness (QED) is 0.817. The number of aromatic nitrogens is 2. The lowest BCUT2D eigenvalue weighted by Crippen LogP contribution is -2.35. The first-order valence-corrected chi connectivity index (χ1v) is 8.73. The Labute approximate surface area is 149 Å². The van der Waals surface area contributed by atoms with E-state index >= 15 is 4.39 Å². The molecule has 0 N–H and O–H groups in total. The first kappa shape index (κ1) is 16.9. The van der Waals surface area contributed by atoms with Crippen LogP contribution in [0.4, 0.5) is 8.78 Å². The molecular formula is C18H19F2N3O3. The number of benzene rings is 1. The van der Waals surface area contributed by atoms with Crippen molar-refractivity contribution in [1.29, 1.82) is 0 Å². The molecule has 2 aromatic rings. The van der Waals surface area contributed by atoms with Gasteiger partial charge in [-0.3, -0.25) is 4.79 Å². The summed E-state index contributed by atoms with van der Waals surface area (Å²) in [6.07, 6.45) is 3.25. The number of nitrogens with zero attached hydrogens (tertiary/aromatic N) is 3. The Bertz CT molecular complexity index is 791. The number of ether oxygens (including phenoxy) is 1. The molecule has 1 unspecified atom stereocenters. The molecule has 1 saturated carbocycles. The Hall–Kier alpha value is -2.51. The van der Waals surface area contributed by atoms with Crippen molar-refractivity contribution in [2.45, 2.75) is 37.3 Å². The normalized spacial score (nSPS) is 23.1. The molecule has 1 aromatic carbocycles. The van der Waals surface area contributed by atoms with Gasteiger partial charge in [0.2, 0.25) is 5.67 Å². The molecule has 0 spiro atoms. The van der Waals surface area contributed by atoms with Crippen molar-refractivity contribution in [2.75, 3.05) is 19.7 Å². The van der Waals surface area contributed by atoms with E-state index < -0.39 is 5.67 Å². The number of carbonyl (C=O) groups excluding carboxylic acids is 1. The summed E-state index contributed by atoms with van der Waals surface area (Å²) in [5.41, 5.74) is -1.82. The SMILES string of the molecule is O=C(COc1ccc(F)cc1)N1CCC(F)(c2nc(C3CCC3)no2)C1. The van der Waals surface area contributed by atoms with E-state index in [2.05, 4.69) is 10.1 Å². The average Bonchev–Trinajstić information content (AvgIpc) is 3.21. The van der Waals surface area contributed by atoms with Crippen LogP contribution in [0.2, 0.25) is 0 Å². The summed E-state index contributed by atoms with van der Waals surface area (Å²) in [5, 5.41) is 3.90. The van der Waals surface area contributed by atoms with E-state index in [9.17, 15) is 9.18 Å². The van der Waals surface area contributed by atoms with Gasteiger partial charge >= 0.3 is 0 Å². The number of hydrogen-bond donors (Lipinski definition) is 0. The molecule has 1 aliphatic heterocycles. The minimum absolute atomic E-state index is 0.0471. The molecule has 6 nitrogen and oxygen atoms in total. The van der Waals surface area contributed by atoms with Crippen molar-refractivity contribution in [3.63, 3.8) is 0 Å². The summed E-state index contributed by atoms with van der Waals surface area (Å²) in [6, 6.07) is 5.37. The first-order valence-electron chi connectivity index (χ1n) is 8.73. The maximum absolute atomic E-state index is 15.2. The molecular weight excluding hydrogens is 344 g/mol. The lowest BCUT2D eigenvalue weighted by molar-refractivity contribution is -0.133. The predicted molar refractivity (Wildman–Crippen MR) is 86.8 cm³/mol. The molecule has 1 amide bonds. The van der Waals surface area contributed by atoms with Gasteiger partial charge in [-0.25, -0.2) is 8.78 Å². The summed E-state index contributed by atoms with van der Waals surface area (Å²) >= 11 is 0. The van der Waals surface area contributed by atoms with Crippen molar-refractivity contribution in [1.82, 2.24) is 15.0 Å². The average molecular weight is 363 g/mol. The molecule has 2 fully saturated rings. The van der Waals surface area contributed by atoms with Gasteiger partial charge < -0.3 is 14.2 Å². The van der Waals surface area contributed by atoms with Gasteiger partial charge in [0, 0.05) is 18.9 Å². The van der Waals surface area contributed by atoms with Crippen LogP contribution in [0, 0.1) is 5.82 Å². The summed E-state index contributed by atoms with van der Waals surface area (Å²) < 4.78 is 38.5. The zero-order chi connectivity index (χ0) is 18.1. The van der Waals surface area contributed by atoms with E-state index in [1.54, 1.807) is 0 Å². The van der Waals surface area contributed by atoms with Crippen molar-refractivity contribution in [3.05, 3.63) is 41.8 Å². The number of halogens is 2. The van der Waals surface area contributed by atoms with Crippen molar-refractivity contribution in [3.8, 4) is 5.75 Å². The van der Waals surface area contributed by atoms with Crippen LogP contribution in [-0.2, 0) is 10.5 Å². The molecule has 1 aliphatic carbocycles. The third kappa shape index (κ3) is 3.27. The van der Waals surface area contributed by atoms with Gasteiger partial charge in [-0.2, -0.15) is 4.98 Å². The topological polar surface area (TPSA) is 68.5 Å². The van der Waals surface area contributed by atoms with Crippen molar-refractivity contribution in [2.24, 2.45) is 0 Å². The second-order valence-electron chi connectivity index (χ2n) is 6.86. The number of rotatable bonds is 5. The molecule has 8 heteroatoms. The van der Waals surface area contributed by atoms with Gasteiger partial charge in [0.15, 0.2) is 12.4 Å². The van der Waals surface area contributed by atoms with Crippen molar-refractivity contribution >= 4 is 5.91 Å². The smallest absolute Gasteiger partial charge is 0.266 e. The maximum Gasteiger partial charge on any atom is 0.266 e. The highest BCUT2D eigenvalue weighted by molar-refractivity contribution is 5.78. The summed E-state index contributed by atoms with van der Waals surface area (Å²) in [4.78, 5) is 17.9. The Balaban J connectivity index is 1.35. The lowest BCUT2D eigenvalue weighted by atomic mass is 9.85. The zero-order valence-corrected chi connectivity index (χ0v) is 14.2. The summed E-state index contributed by atoms with van der Waals surface area (Å²) in [7, 11) is 0. The second-order valence-corrected chi connectivity index (χ2v) is 6.86.